The van der Waals surface area contributed by atoms with E-state index >= 15 is 0 Å². The molecule has 0 atom stereocenters. The fraction of sp³-hybridized carbons (Fsp3) is 0.615. The van der Waals surface area contributed by atoms with Crippen LogP contribution in [0.25, 0.3) is 0 Å². The zero-order chi connectivity index (χ0) is 15.4. The summed E-state index contributed by atoms with van der Waals surface area (Å²) in [4.78, 5) is 4.20. The number of hydrogen-bond acceptors (Lipinski definition) is 5. The monoisotopic (exact) mass is 301 g/mol. The average Bonchev–Trinajstić information content (AvgIpc) is 2.36. The molecule has 0 saturated heterocycles. The van der Waals surface area contributed by atoms with E-state index in [0.717, 1.165) is 6.54 Å². The fourth-order valence-corrected chi connectivity index (χ4v) is 3.32. The molecule has 1 heterocycles. The molecule has 0 radical (unpaired) electrons. The second-order valence-electron chi connectivity index (χ2n) is 5.15. The standard InChI is InChI=1S/C13H23N3O3S/c1-5-14-12-8-7-11(9-15-12)20(18,19)16(6-2)10-13(3,4)17/h7-9,17H,5-6,10H2,1-4H3,(H,14,15). The first-order valence-electron chi connectivity index (χ1n) is 6.63. The van der Waals surface area contributed by atoms with Crippen molar-refractivity contribution in [1.29, 1.82) is 0 Å². The summed E-state index contributed by atoms with van der Waals surface area (Å²) in [5, 5.41) is 12.8. The Kier molecular flexibility index (Phi) is 5.50. The summed E-state index contributed by atoms with van der Waals surface area (Å²) in [6.45, 7) is 7.90. The van der Waals surface area contributed by atoms with E-state index in [1.807, 2.05) is 6.92 Å². The molecule has 0 aromatic carbocycles. The Morgan fingerprint density at radius 3 is 2.40 bits per heavy atom. The van der Waals surface area contributed by atoms with Gasteiger partial charge >= 0.3 is 0 Å². The van der Waals surface area contributed by atoms with Gasteiger partial charge in [0.1, 0.15) is 10.7 Å². The summed E-state index contributed by atoms with van der Waals surface area (Å²) in [5.74, 6) is 0.636. The largest absolute Gasteiger partial charge is 0.389 e. The number of rotatable bonds is 7. The van der Waals surface area contributed by atoms with Gasteiger partial charge in [0.15, 0.2) is 0 Å². The van der Waals surface area contributed by atoms with Crippen LogP contribution < -0.4 is 5.32 Å². The summed E-state index contributed by atoms with van der Waals surface area (Å²) in [7, 11) is -3.63. The van der Waals surface area contributed by atoms with Crippen molar-refractivity contribution < 1.29 is 13.5 Å². The van der Waals surface area contributed by atoms with Crippen molar-refractivity contribution in [2.24, 2.45) is 0 Å². The second-order valence-corrected chi connectivity index (χ2v) is 7.09. The van der Waals surface area contributed by atoms with Crippen molar-refractivity contribution in [2.75, 3.05) is 25.0 Å². The minimum atomic E-state index is -3.63. The summed E-state index contributed by atoms with van der Waals surface area (Å²) in [5.41, 5.74) is -1.08. The zero-order valence-corrected chi connectivity index (χ0v) is 13.2. The summed E-state index contributed by atoms with van der Waals surface area (Å²) < 4.78 is 26.2. The van der Waals surface area contributed by atoms with Crippen molar-refractivity contribution >= 4 is 15.8 Å². The second kappa shape index (κ2) is 6.51. The Balaban J connectivity index is 3.01. The third-order valence-electron chi connectivity index (χ3n) is 2.65. The Labute approximate surface area is 120 Å². The van der Waals surface area contributed by atoms with Crippen LogP contribution in [0.5, 0.6) is 0 Å². The van der Waals surface area contributed by atoms with Crippen LogP contribution in [0.1, 0.15) is 27.7 Å². The normalized spacial score (nSPS) is 12.7. The molecule has 1 aromatic heterocycles. The van der Waals surface area contributed by atoms with Gasteiger partial charge in [0.05, 0.1) is 5.60 Å². The van der Waals surface area contributed by atoms with Crippen LogP contribution in [-0.4, -0.2) is 48.0 Å². The Bertz CT molecular complexity index is 521. The first-order chi connectivity index (χ1) is 9.20. The molecule has 0 amide bonds. The van der Waals surface area contributed by atoms with Crippen molar-refractivity contribution in [2.45, 2.75) is 38.2 Å². The van der Waals surface area contributed by atoms with Crippen LogP contribution in [0.4, 0.5) is 5.82 Å². The molecule has 2 N–H and O–H groups in total. The lowest BCUT2D eigenvalue weighted by Crippen LogP contribution is -2.42. The number of pyridine rings is 1. The lowest BCUT2D eigenvalue weighted by molar-refractivity contribution is 0.0601. The SMILES string of the molecule is CCNc1ccc(S(=O)(=O)N(CC)CC(C)(C)O)cn1. The lowest BCUT2D eigenvalue weighted by atomic mass is 10.1. The zero-order valence-electron chi connectivity index (χ0n) is 12.4. The average molecular weight is 301 g/mol. The third kappa shape index (κ3) is 4.43. The topological polar surface area (TPSA) is 82.5 Å². The van der Waals surface area contributed by atoms with Crippen LogP contribution in [0.2, 0.25) is 0 Å². The van der Waals surface area contributed by atoms with E-state index in [9.17, 15) is 13.5 Å². The number of nitrogens with zero attached hydrogens (tertiary/aromatic N) is 2. The molecular formula is C13H23N3O3S. The molecule has 114 valence electrons. The number of anilines is 1. The molecule has 1 rings (SSSR count). The van der Waals surface area contributed by atoms with Gasteiger partial charge in [0.25, 0.3) is 0 Å². The maximum absolute atomic E-state index is 12.5. The minimum Gasteiger partial charge on any atom is -0.389 e. The van der Waals surface area contributed by atoms with Crippen LogP contribution in [-0.2, 0) is 10.0 Å². The number of sulfonamides is 1. The highest BCUT2D eigenvalue weighted by Gasteiger charge is 2.28. The van der Waals surface area contributed by atoms with Crippen molar-refractivity contribution in [3.05, 3.63) is 18.3 Å². The highest BCUT2D eigenvalue weighted by atomic mass is 32.2. The highest BCUT2D eigenvalue weighted by molar-refractivity contribution is 7.89. The molecule has 0 aliphatic carbocycles. The minimum absolute atomic E-state index is 0.0425. The van der Waals surface area contributed by atoms with Crippen molar-refractivity contribution in [3.63, 3.8) is 0 Å². The van der Waals surface area contributed by atoms with Crippen LogP contribution in [0.3, 0.4) is 0 Å². The Morgan fingerprint density at radius 1 is 1.35 bits per heavy atom. The number of hydrogen-bond donors (Lipinski definition) is 2. The first kappa shape index (κ1) is 16.9. The van der Waals surface area contributed by atoms with E-state index in [0.29, 0.717) is 12.4 Å². The quantitative estimate of drug-likeness (QED) is 0.793. The smallest absolute Gasteiger partial charge is 0.244 e. The molecule has 0 bridgehead atoms. The Morgan fingerprint density at radius 2 is 2.00 bits per heavy atom. The van der Waals surface area contributed by atoms with Gasteiger partial charge < -0.3 is 10.4 Å². The molecule has 0 unspecified atom stereocenters. The fourth-order valence-electron chi connectivity index (χ4n) is 1.77. The summed E-state index contributed by atoms with van der Waals surface area (Å²) >= 11 is 0. The predicted octanol–water partition coefficient (Wildman–Crippen LogP) is 1.29. The van der Waals surface area contributed by atoms with Gasteiger partial charge in [-0.25, -0.2) is 13.4 Å². The summed E-state index contributed by atoms with van der Waals surface area (Å²) in [6, 6.07) is 3.15. The third-order valence-corrected chi connectivity index (χ3v) is 4.55. The molecule has 1 aromatic rings. The van der Waals surface area contributed by atoms with Gasteiger partial charge in [0.2, 0.25) is 10.0 Å². The molecule has 0 aliphatic heterocycles. The van der Waals surface area contributed by atoms with Crippen LogP contribution >= 0.6 is 0 Å². The van der Waals surface area contributed by atoms with Crippen LogP contribution in [0.15, 0.2) is 23.2 Å². The Hall–Kier alpha value is -1.18. The van der Waals surface area contributed by atoms with Gasteiger partial charge in [-0.1, -0.05) is 6.92 Å². The molecule has 0 fully saturated rings. The number of likely N-dealkylation sites (N-methyl/N-ethyl adjacent to an activating group) is 1. The number of aromatic nitrogens is 1. The molecule has 6 nitrogen and oxygen atoms in total. The van der Waals surface area contributed by atoms with Gasteiger partial charge in [-0.15, -0.1) is 0 Å². The van der Waals surface area contributed by atoms with Crippen molar-refractivity contribution in [3.8, 4) is 0 Å². The molecular weight excluding hydrogens is 278 g/mol. The van der Waals surface area contributed by atoms with Gasteiger partial charge in [-0.2, -0.15) is 4.31 Å². The molecule has 0 spiro atoms. The van der Waals surface area contributed by atoms with Crippen LogP contribution in [0, 0.1) is 0 Å². The first-order valence-corrected chi connectivity index (χ1v) is 8.07. The van der Waals surface area contributed by atoms with E-state index in [1.165, 1.54) is 16.6 Å². The van der Waals surface area contributed by atoms with E-state index in [1.54, 1.807) is 26.8 Å². The number of nitrogens with one attached hydrogen (secondary N) is 1. The lowest BCUT2D eigenvalue weighted by Gasteiger charge is -2.27. The predicted molar refractivity (Wildman–Crippen MR) is 79.1 cm³/mol. The van der Waals surface area contributed by atoms with E-state index in [4.69, 9.17) is 0 Å². The number of aliphatic hydroxyl groups is 1. The summed E-state index contributed by atoms with van der Waals surface area (Å²) in [6.07, 6.45) is 1.33. The van der Waals surface area contributed by atoms with Crippen molar-refractivity contribution in [1.82, 2.24) is 9.29 Å². The van der Waals surface area contributed by atoms with Gasteiger partial charge in [0, 0.05) is 25.8 Å². The molecule has 0 aliphatic rings. The van der Waals surface area contributed by atoms with Gasteiger partial charge in [-0.05, 0) is 32.9 Å². The van der Waals surface area contributed by atoms with E-state index in [-0.39, 0.29) is 11.4 Å². The van der Waals surface area contributed by atoms with E-state index in [2.05, 4.69) is 10.3 Å². The van der Waals surface area contributed by atoms with Gasteiger partial charge in [-0.3, -0.25) is 0 Å². The maximum atomic E-state index is 12.5. The molecule has 0 saturated carbocycles. The molecule has 7 heteroatoms. The maximum Gasteiger partial charge on any atom is 0.244 e. The van der Waals surface area contributed by atoms with E-state index < -0.39 is 15.6 Å². The highest BCUT2D eigenvalue weighted by Crippen LogP contribution is 2.18. The molecule has 20 heavy (non-hydrogen) atoms.